The molecule has 1 amide bonds. The number of aryl methyl sites for hydroxylation is 1. The Hall–Kier alpha value is -1.14. The van der Waals surface area contributed by atoms with E-state index >= 15 is 0 Å². The molecule has 1 fully saturated rings. The zero-order valence-corrected chi connectivity index (χ0v) is 16.7. The fourth-order valence-electron chi connectivity index (χ4n) is 3.56. The third kappa shape index (κ3) is 5.95. The third-order valence-electron chi connectivity index (χ3n) is 4.95. The number of carbonyl (C=O) groups is 2. The summed E-state index contributed by atoms with van der Waals surface area (Å²) in [6, 6.07) is 8.28. The van der Waals surface area contributed by atoms with Crippen molar-refractivity contribution in [2.45, 2.75) is 62.7 Å². The smallest absolute Gasteiger partial charge is 0.306 e. The van der Waals surface area contributed by atoms with E-state index in [2.05, 4.69) is 17.4 Å². The first-order valence-corrected chi connectivity index (χ1v) is 11.9. The van der Waals surface area contributed by atoms with Gasteiger partial charge >= 0.3 is 5.97 Å². The Bertz CT molecular complexity index is 617. The molecule has 4 nitrogen and oxygen atoms in total. The number of carbonyl (C=O) groups excluding carboxylic acids is 2. The number of unbranched alkanes of at least 4 members (excludes halogenated alkanes) is 1. The van der Waals surface area contributed by atoms with E-state index < -0.39 is 0 Å². The van der Waals surface area contributed by atoms with Crippen molar-refractivity contribution in [1.82, 2.24) is 5.32 Å². The molecule has 1 heterocycles. The second kappa shape index (κ2) is 10.3. The summed E-state index contributed by atoms with van der Waals surface area (Å²) in [4.78, 5) is 24.0. The van der Waals surface area contributed by atoms with Crippen LogP contribution in [0.2, 0.25) is 0 Å². The minimum absolute atomic E-state index is 0.0351. The number of fused-ring (bicyclic) bond motifs is 1. The first-order valence-electron chi connectivity index (χ1n) is 9.53. The van der Waals surface area contributed by atoms with Crippen molar-refractivity contribution < 1.29 is 14.3 Å². The minimum Gasteiger partial charge on any atom is -0.456 e. The normalized spacial score (nSPS) is 21.8. The molecule has 1 aliphatic heterocycles. The van der Waals surface area contributed by atoms with Crippen LogP contribution in [0.4, 0.5) is 0 Å². The second-order valence-corrected chi connectivity index (χ2v) is 9.73. The van der Waals surface area contributed by atoms with Gasteiger partial charge in [0.25, 0.3) is 5.91 Å². The van der Waals surface area contributed by atoms with Crippen molar-refractivity contribution in [3.05, 3.63) is 35.4 Å². The van der Waals surface area contributed by atoms with Crippen LogP contribution in [-0.4, -0.2) is 29.5 Å². The Kier molecular flexibility index (Phi) is 7.74. The lowest BCUT2D eigenvalue weighted by Gasteiger charge is -2.26. The molecule has 2 atom stereocenters. The van der Waals surface area contributed by atoms with Crippen LogP contribution in [0.1, 0.15) is 62.1 Å². The first kappa shape index (κ1) is 19.6. The molecule has 0 unspecified atom stereocenters. The predicted octanol–water partition coefficient (Wildman–Crippen LogP) is 4.44. The molecular weight excluding hydrogens is 366 g/mol. The van der Waals surface area contributed by atoms with Crippen LogP contribution in [0.3, 0.4) is 0 Å². The van der Waals surface area contributed by atoms with E-state index in [1.807, 2.05) is 33.7 Å². The van der Waals surface area contributed by atoms with E-state index in [9.17, 15) is 9.59 Å². The molecule has 6 heteroatoms. The summed E-state index contributed by atoms with van der Waals surface area (Å²) in [5.74, 6) is 0.773. The van der Waals surface area contributed by atoms with Crippen LogP contribution in [0.25, 0.3) is 0 Å². The van der Waals surface area contributed by atoms with E-state index in [-0.39, 0.29) is 24.5 Å². The Balaban J connectivity index is 1.32. The van der Waals surface area contributed by atoms with Crippen LogP contribution in [-0.2, 0) is 20.7 Å². The van der Waals surface area contributed by atoms with Gasteiger partial charge in [-0.1, -0.05) is 52.3 Å². The van der Waals surface area contributed by atoms with Crippen molar-refractivity contribution in [3.63, 3.8) is 0 Å². The quantitative estimate of drug-likeness (QED) is 0.402. The zero-order chi connectivity index (χ0) is 18.2. The molecule has 1 aromatic rings. The lowest BCUT2D eigenvalue weighted by molar-refractivity contribution is -0.148. The molecule has 0 spiro atoms. The monoisotopic (exact) mass is 393 g/mol. The molecule has 1 N–H and O–H groups in total. The molecule has 0 radical (unpaired) electrons. The lowest BCUT2D eigenvalue weighted by Crippen LogP contribution is -2.34. The molecule has 0 saturated carbocycles. The highest BCUT2D eigenvalue weighted by Crippen LogP contribution is 2.39. The molecule has 26 heavy (non-hydrogen) atoms. The van der Waals surface area contributed by atoms with Gasteiger partial charge in [0.05, 0.1) is 6.04 Å². The van der Waals surface area contributed by atoms with E-state index in [1.54, 1.807) is 0 Å². The summed E-state index contributed by atoms with van der Waals surface area (Å²) in [5.41, 5.74) is 2.50. The van der Waals surface area contributed by atoms with E-state index in [1.165, 1.54) is 29.7 Å². The van der Waals surface area contributed by atoms with Gasteiger partial charge in [-0.05, 0) is 49.7 Å². The molecule has 1 aromatic carbocycles. The topological polar surface area (TPSA) is 55.4 Å². The molecular formula is C20H27NO3S2. The third-order valence-corrected chi connectivity index (χ3v) is 7.96. The maximum absolute atomic E-state index is 12.1. The van der Waals surface area contributed by atoms with E-state index in [0.717, 1.165) is 37.4 Å². The van der Waals surface area contributed by atoms with Gasteiger partial charge in [0.1, 0.15) is 0 Å². The molecule has 1 aliphatic carbocycles. The number of hydrogen-bond donors (Lipinski definition) is 1. The largest absolute Gasteiger partial charge is 0.456 e. The van der Waals surface area contributed by atoms with E-state index in [0.29, 0.717) is 6.42 Å². The Morgan fingerprint density at radius 1 is 1.19 bits per heavy atom. The van der Waals surface area contributed by atoms with Gasteiger partial charge in [-0.2, -0.15) is 0 Å². The van der Waals surface area contributed by atoms with Crippen LogP contribution < -0.4 is 5.32 Å². The predicted molar refractivity (Wildman–Crippen MR) is 108 cm³/mol. The zero-order valence-electron chi connectivity index (χ0n) is 15.1. The summed E-state index contributed by atoms with van der Waals surface area (Å²) < 4.78 is 5.15. The van der Waals surface area contributed by atoms with Crippen molar-refractivity contribution in [2.75, 3.05) is 12.4 Å². The summed E-state index contributed by atoms with van der Waals surface area (Å²) in [6.45, 7) is -0.174. The van der Waals surface area contributed by atoms with Gasteiger partial charge in [-0.3, -0.25) is 9.59 Å². The van der Waals surface area contributed by atoms with Crippen LogP contribution >= 0.6 is 21.6 Å². The molecule has 0 aromatic heterocycles. The Morgan fingerprint density at radius 3 is 2.92 bits per heavy atom. The number of amides is 1. The summed E-state index contributed by atoms with van der Waals surface area (Å²) in [6.07, 6.45) is 7.83. The number of benzene rings is 1. The van der Waals surface area contributed by atoms with Gasteiger partial charge < -0.3 is 10.1 Å². The summed E-state index contributed by atoms with van der Waals surface area (Å²) >= 11 is 0. The molecule has 0 bridgehead atoms. The van der Waals surface area contributed by atoms with Crippen LogP contribution in [0, 0.1) is 0 Å². The van der Waals surface area contributed by atoms with Crippen molar-refractivity contribution in [3.8, 4) is 0 Å². The fourth-order valence-corrected chi connectivity index (χ4v) is 6.59. The van der Waals surface area contributed by atoms with Gasteiger partial charge in [-0.15, -0.1) is 0 Å². The molecule has 2 aliphatic rings. The fraction of sp³-hybridized carbons (Fsp3) is 0.600. The van der Waals surface area contributed by atoms with Crippen LogP contribution in [0.5, 0.6) is 0 Å². The first-order chi connectivity index (χ1) is 12.7. The van der Waals surface area contributed by atoms with Gasteiger partial charge in [0.15, 0.2) is 6.61 Å². The molecule has 3 rings (SSSR count). The van der Waals surface area contributed by atoms with Gasteiger partial charge in [-0.25, -0.2) is 0 Å². The average Bonchev–Trinajstić information content (AvgIpc) is 3.17. The Labute approximate surface area is 163 Å². The number of esters is 1. The number of ether oxygens (including phenoxy) is 1. The Morgan fingerprint density at radius 2 is 2.08 bits per heavy atom. The SMILES string of the molecule is O=C(COC(=O)CCCC[C@H]1CCSS1)N[C@@H]1CCCc2ccccc21. The van der Waals surface area contributed by atoms with Crippen molar-refractivity contribution in [2.24, 2.45) is 0 Å². The van der Waals surface area contributed by atoms with Crippen molar-refractivity contribution >= 4 is 33.5 Å². The second-order valence-electron chi connectivity index (χ2n) is 6.95. The summed E-state index contributed by atoms with van der Waals surface area (Å²) in [5, 5.41) is 3.76. The minimum atomic E-state index is -0.266. The number of hydrogen-bond acceptors (Lipinski definition) is 5. The summed E-state index contributed by atoms with van der Waals surface area (Å²) in [7, 11) is 3.92. The van der Waals surface area contributed by atoms with Gasteiger partial charge in [0.2, 0.25) is 0 Å². The standard InChI is InChI=1S/C20H27NO3S2/c22-19(21-18-10-5-7-15-6-1-3-9-17(15)18)14-24-20(23)11-4-2-8-16-12-13-25-26-16/h1,3,6,9,16,18H,2,4-5,7-8,10-14H2,(H,21,22)/t16-,18+/m0/s1. The molecule has 142 valence electrons. The maximum Gasteiger partial charge on any atom is 0.306 e. The highest BCUT2D eigenvalue weighted by atomic mass is 33.1. The highest BCUT2D eigenvalue weighted by Gasteiger charge is 2.22. The molecule has 1 saturated heterocycles. The maximum atomic E-state index is 12.1. The van der Waals surface area contributed by atoms with Crippen LogP contribution in [0.15, 0.2) is 24.3 Å². The van der Waals surface area contributed by atoms with Gasteiger partial charge in [0, 0.05) is 17.4 Å². The highest BCUT2D eigenvalue weighted by molar-refractivity contribution is 8.77. The van der Waals surface area contributed by atoms with Crippen molar-refractivity contribution in [1.29, 1.82) is 0 Å². The average molecular weight is 394 g/mol. The number of rotatable bonds is 8. The van der Waals surface area contributed by atoms with E-state index in [4.69, 9.17) is 4.74 Å². The number of nitrogens with one attached hydrogen (secondary N) is 1. The lowest BCUT2D eigenvalue weighted by atomic mass is 9.88.